The number of hydrazone groups is 1. The van der Waals surface area contributed by atoms with Gasteiger partial charge in [0.15, 0.2) is 0 Å². The van der Waals surface area contributed by atoms with Gasteiger partial charge in [-0.15, -0.1) is 0 Å². The normalized spacial score (nSPS) is 11.3. The zero-order valence-corrected chi connectivity index (χ0v) is 18.5. The Balaban J connectivity index is 1.71. The maximum atomic E-state index is 11.4. The van der Waals surface area contributed by atoms with Crippen molar-refractivity contribution < 1.29 is 4.92 Å². The van der Waals surface area contributed by atoms with Crippen LogP contribution in [0.1, 0.15) is 11.1 Å². The van der Waals surface area contributed by atoms with Crippen LogP contribution in [0.15, 0.2) is 121 Å². The summed E-state index contributed by atoms with van der Waals surface area (Å²) in [5, 5.41) is 20.8. The van der Waals surface area contributed by atoms with E-state index >= 15 is 0 Å². The Morgan fingerprint density at radius 3 is 2.34 bits per heavy atom. The van der Waals surface area contributed by atoms with Crippen LogP contribution in [-0.2, 0) is 0 Å². The van der Waals surface area contributed by atoms with Crippen LogP contribution in [0.5, 0.6) is 0 Å². The average molecular weight is 460 g/mol. The third-order valence-electron chi connectivity index (χ3n) is 5.35. The van der Waals surface area contributed by atoms with Gasteiger partial charge in [0.25, 0.3) is 5.69 Å². The molecule has 0 amide bonds. The number of anilines is 1. The molecule has 170 valence electrons. The van der Waals surface area contributed by atoms with Gasteiger partial charge in [-0.2, -0.15) is 10.2 Å². The van der Waals surface area contributed by atoms with Crippen molar-refractivity contribution in [2.75, 3.05) is 5.43 Å². The summed E-state index contributed by atoms with van der Waals surface area (Å²) in [7, 11) is 0. The van der Waals surface area contributed by atoms with Gasteiger partial charge in [0, 0.05) is 35.0 Å². The second-order valence-corrected chi connectivity index (χ2v) is 7.61. The van der Waals surface area contributed by atoms with Crippen LogP contribution in [0.2, 0.25) is 0 Å². The van der Waals surface area contributed by atoms with Crippen molar-refractivity contribution in [3.8, 4) is 16.9 Å². The summed E-state index contributed by atoms with van der Waals surface area (Å²) in [5.74, 6) is 0.605. The largest absolute Gasteiger partial charge is 0.271 e. The highest BCUT2D eigenvalue weighted by Crippen LogP contribution is 2.30. The van der Waals surface area contributed by atoms with Crippen LogP contribution in [0.25, 0.3) is 16.9 Å². The molecule has 0 spiro atoms. The fraction of sp³-hybridized carbons (Fsp3) is 0. The van der Waals surface area contributed by atoms with Crippen LogP contribution in [-0.4, -0.2) is 25.4 Å². The minimum Gasteiger partial charge on any atom is -0.261 e. The molecule has 0 aliphatic rings. The van der Waals surface area contributed by atoms with Gasteiger partial charge in [0.1, 0.15) is 11.5 Å². The molecule has 0 aliphatic carbocycles. The van der Waals surface area contributed by atoms with Crippen molar-refractivity contribution in [3.63, 3.8) is 0 Å². The Bertz CT molecular complexity index is 1480. The van der Waals surface area contributed by atoms with Crippen molar-refractivity contribution in [1.82, 2.24) is 14.8 Å². The summed E-state index contributed by atoms with van der Waals surface area (Å²) in [6, 6.07) is 31.5. The van der Waals surface area contributed by atoms with E-state index in [-0.39, 0.29) is 5.69 Å². The first-order chi connectivity index (χ1) is 17.2. The smallest absolute Gasteiger partial charge is 0.261 e. The lowest BCUT2D eigenvalue weighted by Gasteiger charge is -2.12. The number of hydrogen-bond acceptors (Lipinski definition) is 6. The van der Waals surface area contributed by atoms with Gasteiger partial charge in [-0.1, -0.05) is 72.8 Å². The molecule has 0 saturated carbocycles. The highest BCUT2D eigenvalue weighted by molar-refractivity contribution is 6.16. The van der Waals surface area contributed by atoms with E-state index in [9.17, 15) is 10.1 Å². The first-order valence-corrected chi connectivity index (χ1v) is 10.9. The molecule has 5 rings (SSSR count). The summed E-state index contributed by atoms with van der Waals surface area (Å²) in [6.45, 7) is 0. The molecule has 0 aliphatic heterocycles. The van der Waals surface area contributed by atoms with Crippen molar-refractivity contribution in [1.29, 1.82) is 0 Å². The van der Waals surface area contributed by atoms with E-state index in [0.29, 0.717) is 17.2 Å². The molecular weight excluding hydrogens is 440 g/mol. The maximum absolute atomic E-state index is 11.4. The molecule has 2 aromatic heterocycles. The van der Waals surface area contributed by atoms with Gasteiger partial charge in [0.05, 0.1) is 22.5 Å². The lowest BCUT2D eigenvalue weighted by atomic mass is 9.99. The van der Waals surface area contributed by atoms with E-state index in [4.69, 9.17) is 5.10 Å². The lowest BCUT2D eigenvalue weighted by molar-refractivity contribution is -0.384. The zero-order chi connectivity index (χ0) is 24.0. The molecule has 8 nitrogen and oxygen atoms in total. The van der Waals surface area contributed by atoms with Crippen molar-refractivity contribution in [2.45, 2.75) is 0 Å². The fourth-order valence-electron chi connectivity index (χ4n) is 3.75. The molecule has 5 aromatic rings. The SMILES string of the molecule is O=[N+]([O-])c1cccc(-n2ncc(C(=NNc3ccccn3)c3ccccc3)c2-c2ccccc2)c1. The first kappa shape index (κ1) is 21.7. The number of pyridine rings is 1. The molecule has 0 saturated heterocycles. The minimum atomic E-state index is -0.413. The Morgan fingerprint density at radius 1 is 0.886 bits per heavy atom. The molecule has 0 fully saturated rings. The highest BCUT2D eigenvalue weighted by atomic mass is 16.6. The predicted octanol–water partition coefficient (Wildman–Crippen LogP) is 5.71. The molecule has 0 unspecified atom stereocenters. The number of hydrogen-bond donors (Lipinski definition) is 1. The number of non-ortho nitro benzene ring substituents is 1. The van der Waals surface area contributed by atoms with E-state index in [1.165, 1.54) is 12.1 Å². The maximum Gasteiger partial charge on any atom is 0.271 e. The average Bonchev–Trinajstić information content (AvgIpc) is 3.35. The molecule has 0 atom stereocenters. The van der Waals surface area contributed by atoms with Crippen LogP contribution < -0.4 is 5.43 Å². The predicted molar refractivity (Wildman–Crippen MR) is 136 cm³/mol. The van der Waals surface area contributed by atoms with Gasteiger partial charge in [-0.05, 0) is 18.2 Å². The lowest BCUT2D eigenvalue weighted by Crippen LogP contribution is -2.09. The van der Waals surface area contributed by atoms with Gasteiger partial charge < -0.3 is 0 Å². The Hall–Kier alpha value is -5.11. The Labute approximate surface area is 201 Å². The van der Waals surface area contributed by atoms with Crippen LogP contribution in [0.4, 0.5) is 11.5 Å². The number of nitro groups is 1. The quantitative estimate of drug-likeness (QED) is 0.191. The fourth-order valence-corrected chi connectivity index (χ4v) is 3.75. The molecule has 35 heavy (non-hydrogen) atoms. The van der Waals surface area contributed by atoms with Crippen molar-refractivity contribution >= 4 is 17.2 Å². The zero-order valence-electron chi connectivity index (χ0n) is 18.5. The minimum absolute atomic E-state index is 0.00710. The first-order valence-electron chi connectivity index (χ1n) is 10.9. The molecule has 3 aromatic carbocycles. The Morgan fingerprint density at radius 2 is 1.63 bits per heavy atom. The molecule has 0 bridgehead atoms. The van der Waals surface area contributed by atoms with Gasteiger partial charge >= 0.3 is 0 Å². The van der Waals surface area contributed by atoms with Crippen LogP contribution in [0.3, 0.4) is 0 Å². The number of benzene rings is 3. The summed E-state index contributed by atoms with van der Waals surface area (Å²) in [6.07, 6.45) is 3.42. The van der Waals surface area contributed by atoms with E-state index in [0.717, 1.165) is 22.4 Å². The van der Waals surface area contributed by atoms with Crippen LogP contribution in [0, 0.1) is 10.1 Å². The van der Waals surface area contributed by atoms with Crippen molar-refractivity contribution in [3.05, 3.63) is 137 Å². The van der Waals surface area contributed by atoms with E-state index < -0.39 is 4.92 Å². The number of nitrogens with zero attached hydrogens (tertiary/aromatic N) is 5. The summed E-state index contributed by atoms with van der Waals surface area (Å²) >= 11 is 0. The standard InChI is InChI=1S/C27H20N6O2/c34-33(35)23-15-9-14-22(18-23)32-27(21-12-5-2-6-13-21)24(19-29-32)26(20-10-3-1-4-11-20)31-30-25-16-7-8-17-28-25/h1-19H,(H,28,30). The van der Waals surface area contributed by atoms with E-state index in [2.05, 4.69) is 15.5 Å². The summed E-state index contributed by atoms with van der Waals surface area (Å²) in [5.41, 5.74) is 7.57. The van der Waals surface area contributed by atoms with Crippen LogP contribution >= 0.6 is 0 Å². The third kappa shape index (κ3) is 4.67. The summed E-state index contributed by atoms with van der Waals surface area (Å²) in [4.78, 5) is 15.3. The monoisotopic (exact) mass is 460 g/mol. The second-order valence-electron chi connectivity index (χ2n) is 7.61. The molecule has 8 heteroatoms. The van der Waals surface area contributed by atoms with E-state index in [1.807, 2.05) is 78.9 Å². The van der Waals surface area contributed by atoms with Crippen molar-refractivity contribution in [2.24, 2.45) is 5.10 Å². The van der Waals surface area contributed by atoms with Gasteiger partial charge in [-0.3, -0.25) is 15.5 Å². The number of nitrogens with one attached hydrogen (secondary N) is 1. The summed E-state index contributed by atoms with van der Waals surface area (Å²) < 4.78 is 1.71. The van der Waals surface area contributed by atoms with Gasteiger partial charge in [0.2, 0.25) is 0 Å². The third-order valence-corrected chi connectivity index (χ3v) is 5.35. The van der Waals surface area contributed by atoms with Gasteiger partial charge in [-0.25, -0.2) is 9.67 Å². The Kier molecular flexibility index (Phi) is 6.08. The number of nitro benzene ring substituents is 1. The number of aromatic nitrogens is 3. The topological polar surface area (TPSA) is 98.2 Å². The second kappa shape index (κ2) is 9.80. The molecular formula is C27H20N6O2. The highest BCUT2D eigenvalue weighted by Gasteiger charge is 2.21. The molecule has 2 heterocycles. The number of rotatable bonds is 7. The molecule has 1 N–H and O–H groups in total. The van der Waals surface area contributed by atoms with E-state index in [1.54, 1.807) is 29.2 Å². The molecule has 0 radical (unpaired) electrons.